The molecule has 2 aliphatic rings. The summed E-state index contributed by atoms with van der Waals surface area (Å²) in [5, 5.41) is 1.54. The highest BCUT2D eigenvalue weighted by atomic mass is 32.2. The van der Waals surface area contributed by atoms with Crippen LogP contribution in [0.25, 0.3) is 0 Å². The van der Waals surface area contributed by atoms with Crippen LogP contribution in [0.4, 0.5) is 0 Å². The third kappa shape index (κ3) is 3.32. The topological polar surface area (TPSA) is 35.5 Å². The molecule has 0 N–H and O–H groups in total. The molecule has 0 aliphatic carbocycles. The van der Waals surface area contributed by atoms with E-state index in [9.17, 15) is 4.21 Å². The van der Waals surface area contributed by atoms with Gasteiger partial charge in [-0.3, -0.25) is 4.21 Å². The second-order valence-corrected chi connectivity index (χ2v) is 5.11. The zero-order valence-electron chi connectivity index (χ0n) is 9.64. The number of hydrogen-bond acceptors (Lipinski definition) is 3. The van der Waals surface area contributed by atoms with E-state index in [-0.39, 0.29) is 0 Å². The SMILES string of the molecule is CS(=O)/C=C/C#C/C=C1/C=CC2(CCCO2)O1. The molecular formula is C13H14O3S. The van der Waals surface area contributed by atoms with Crippen LogP contribution in [0.1, 0.15) is 12.8 Å². The van der Waals surface area contributed by atoms with Crippen LogP contribution in [0.15, 0.2) is 35.5 Å². The van der Waals surface area contributed by atoms with Crippen LogP contribution in [0.3, 0.4) is 0 Å². The minimum atomic E-state index is -0.947. The maximum atomic E-state index is 10.7. The first-order valence-electron chi connectivity index (χ1n) is 5.43. The van der Waals surface area contributed by atoms with Gasteiger partial charge in [-0.25, -0.2) is 0 Å². The lowest BCUT2D eigenvalue weighted by atomic mass is 10.2. The summed E-state index contributed by atoms with van der Waals surface area (Å²) in [5.41, 5.74) is 0. The molecule has 1 fully saturated rings. The molecule has 0 aromatic carbocycles. The summed E-state index contributed by atoms with van der Waals surface area (Å²) >= 11 is 0. The van der Waals surface area contributed by atoms with E-state index in [1.54, 1.807) is 23.8 Å². The van der Waals surface area contributed by atoms with Crippen LogP contribution in [0.5, 0.6) is 0 Å². The molecule has 17 heavy (non-hydrogen) atoms. The fourth-order valence-electron chi connectivity index (χ4n) is 1.69. The molecule has 90 valence electrons. The van der Waals surface area contributed by atoms with Crippen LogP contribution in [-0.2, 0) is 20.3 Å². The van der Waals surface area contributed by atoms with E-state index in [2.05, 4.69) is 11.8 Å². The van der Waals surface area contributed by atoms with Gasteiger partial charge in [0.15, 0.2) is 0 Å². The Balaban J connectivity index is 1.93. The molecule has 1 spiro atoms. The van der Waals surface area contributed by atoms with Crippen molar-refractivity contribution in [3.05, 3.63) is 35.5 Å². The predicted octanol–water partition coefficient (Wildman–Crippen LogP) is 1.86. The van der Waals surface area contributed by atoms with Crippen LogP contribution in [-0.4, -0.2) is 22.9 Å². The summed E-state index contributed by atoms with van der Waals surface area (Å²) in [6.07, 6.45) is 10.6. The molecule has 0 aromatic heterocycles. The highest BCUT2D eigenvalue weighted by molar-refractivity contribution is 7.87. The van der Waals surface area contributed by atoms with Crippen LogP contribution < -0.4 is 0 Å². The maximum absolute atomic E-state index is 10.7. The average Bonchev–Trinajstić information content (AvgIpc) is 2.89. The summed E-state index contributed by atoms with van der Waals surface area (Å²) in [5.74, 6) is 5.77. The van der Waals surface area contributed by atoms with Gasteiger partial charge in [0, 0.05) is 35.0 Å². The fraction of sp³-hybridized carbons (Fsp3) is 0.385. The smallest absolute Gasteiger partial charge is 0.230 e. The molecule has 2 atom stereocenters. The van der Waals surface area contributed by atoms with Gasteiger partial charge < -0.3 is 9.47 Å². The van der Waals surface area contributed by atoms with E-state index in [0.29, 0.717) is 5.76 Å². The Morgan fingerprint density at radius 3 is 3.12 bits per heavy atom. The van der Waals surface area contributed by atoms with Crippen molar-refractivity contribution in [3.63, 3.8) is 0 Å². The van der Waals surface area contributed by atoms with E-state index < -0.39 is 16.6 Å². The summed E-state index contributed by atoms with van der Waals surface area (Å²) in [7, 11) is -0.947. The van der Waals surface area contributed by atoms with Gasteiger partial charge in [0.05, 0.1) is 6.61 Å². The molecule has 2 rings (SSSR count). The lowest BCUT2D eigenvalue weighted by molar-refractivity contribution is -0.135. The normalized spacial score (nSPS) is 30.8. The molecule has 0 saturated carbocycles. The van der Waals surface area contributed by atoms with Crippen molar-refractivity contribution in [2.45, 2.75) is 18.6 Å². The van der Waals surface area contributed by atoms with Gasteiger partial charge in [-0.15, -0.1) is 0 Å². The highest BCUT2D eigenvalue weighted by Crippen LogP contribution is 2.35. The largest absolute Gasteiger partial charge is 0.458 e. The van der Waals surface area contributed by atoms with Crippen LogP contribution in [0, 0.1) is 11.8 Å². The van der Waals surface area contributed by atoms with Gasteiger partial charge in [0.25, 0.3) is 0 Å². The van der Waals surface area contributed by atoms with Gasteiger partial charge in [-0.05, 0) is 24.6 Å². The van der Waals surface area contributed by atoms with Gasteiger partial charge in [0.2, 0.25) is 5.79 Å². The molecule has 0 bridgehead atoms. The van der Waals surface area contributed by atoms with Crippen molar-refractivity contribution in [1.29, 1.82) is 0 Å². The van der Waals surface area contributed by atoms with E-state index in [1.165, 1.54) is 0 Å². The minimum absolute atomic E-state index is 0.533. The quantitative estimate of drug-likeness (QED) is 0.666. The molecule has 0 amide bonds. The standard InChI is InChI=1S/C13H14O3S/c1-17(14)11-4-2-3-6-12-7-9-13(16-12)8-5-10-15-13/h4,6-7,9,11H,5,8,10H2,1H3/b11-4+,12-6-. The first-order chi connectivity index (χ1) is 8.20. The number of allylic oxidation sites excluding steroid dienone is 3. The van der Waals surface area contributed by atoms with Crippen molar-refractivity contribution in [2.24, 2.45) is 0 Å². The molecule has 1 saturated heterocycles. The van der Waals surface area contributed by atoms with Crippen molar-refractivity contribution in [3.8, 4) is 11.8 Å². The van der Waals surface area contributed by atoms with E-state index in [4.69, 9.17) is 9.47 Å². The third-order valence-corrected chi connectivity index (χ3v) is 2.97. The third-order valence-electron chi connectivity index (χ3n) is 2.45. The first-order valence-corrected chi connectivity index (χ1v) is 7.05. The van der Waals surface area contributed by atoms with Crippen molar-refractivity contribution in [1.82, 2.24) is 0 Å². The van der Waals surface area contributed by atoms with Gasteiger partial charge in [-0.2, -0.15) is 0 Å². The molecule has 0 radical (unpaired) electrons. The van der Waals surface area contributed by atoms with Crippen LogP contribution >= 0.6 is 0 Å². The molecule has 2 heterocycles. The Labute approximate surface area is 104 Å². The number of hydrogen-bond donors (Lipinski definition) is 0. The maximum Gasteiger partial charge on any atom is 0.230 e. The number of ether oxygens (including phenoxy) is 2. The summed E-state index contributed by atoms with van der Waals surface area (Å²) in [6, 6.07) is 0. The van der Waals surface area contributed by atoms with E-state index in [0.717, 1.165) is 19.4 Å². The lowest BCUT2D eigenvalue weighted by Gasteiger charge is -2.20. The second kappa shape index (κ2) is 5.35. The number of rotatable bonds is 1. The summed E-state index contributed by atoms with van der Waals surface area (Å²) < 4.78 is 21.9. The summed E-state index contributed by atoms with van der Waals surface area (Å²) in [4.78, 5) is 0. The molecule has 4 heteroatoms. The van der Waals surface area contributed by atoms with Crippen molar-refractivity contribution in [2.75, 3.05) is 12.9 Å². The zero-order chi connectivity index (χ0) is 12.1. The monoisotopic (exact) mass is 250 g/mol. The molecule has 2 aliphatic heterocycles. The minimum Gasteiger partial charge on any atom is -0.458 e. The van der Waals surface area contributed by atoms with E-state index >= 15 is 0 Å². The van der Waals surface area contributed by atoms with Gasteiger partial charge in [-0.1, -0.05) is 11.8 Å². The first kappa shape index (κ1) is 12.2. The van der Waals surface area contributed by atoms with Gasteiger partial charge >= 0.3 is 0 Å². The Morgan fingerprint density at radius 2 is 2.41 bits per heavy atom. The lowest BCUT2D eigenvalue weighted by Crippen LogP contribution is -2.24. The van der Waals surface area contributed by atoms with Crippen LogP contribution in [0.2, 0.25) is 0 Å². The van der Waals surface area contributed by atoms with Crippen molar-refractivity contribution >= 4 is 10.8 Å². The van der Waals surface area contributed by atoms with E-state index in [1.807, 2.05) is 12.2 Å². The molecule has 2 unspecified atom stereocenters. The fourth-order valence-corrected chi connectivity index (χ4v) is 1.95. The molecule has 0 aromatic rings. The van der Waals surface area contributed by atoms with Gasteiger partial charge in [0.1, 0.15) is 5.76 Å². The molecular weight excluding hydrogens is 236 g/mol. The van der Waals surface area contributed by atoms with Crippen molar-refractivity contribution < 1.29 is 13.7 Å². The predicted molar refractivity (Wildman–Crippen MR) is 67.2 cm³/mol. The Kier molecular flexibility index (Phi) is 3.82. The summed E-state index contributed by atoms with van der Waals surface area (Å²) in [6.45, 7) is 0.744. The zero-order valence-corrected chi connectivity index (χ0v) is 10.5. The Bertz CT molecular complexity index is 457. The average molecular weight is 250 g/mol. The Morgan fingerprint density at radius 1 is 1.53 bits per heavy atom. The Hall–Kier alpha value is -1.31. The highest BCUT2D eigenvalue weighted by Gasteiger charge is 2.38. The second-order valence-electron chi connectivity index (χ2n) is 3.84. The molecule has 3 nitrogen and oxygen atoms in total.